The van der Waals surface area contributed by atoms with Crippen molar-refractivity contribution in [3.63, 3.8) is 0 Å². The van der Waals surface area contributed by atoms with Crippen LogP contribution in [-0.2, 0) is 11.3 Å². The van der Waals surface area contributed by atoms with Gasteiger partial charge in [0.2, 0.25) is 5.91 Å². The van der Waals surface area contributed by atoms with Crippen LogP contribution in [0.2, 0.25) is 0 Å². The number of rotatable bonds is 5. The summed E-state index contributed by atoms with van der Waals surface area (Å²) in [7, 11) is 0. The summed E-state index contributed by atoms with van der Waals surface area (Å²) >= 11 is 1.40. The summed E-state index contributed by atoms with van der Waals surface area (Å²) < 4.78 is 2.11. The third-order valence-electron chi connectivity index (χ3n) is 3.52. The van der Waals surface area contributed by atoms with Crippen molar-refractivity contribution in [2.24, 2.45) is 5.73 Å². The molecule has 1 heterocycles. The number of fused-ring (bicyclic) bond motifs is 1. The normalized spacial score (nSPS) is 12.4. The summed E-state index contributed by atoms with van der Waals surface area (Å²) in [6.07, 6.45) is 0. The third-order valence-corrected chi connectivity index (χ3v) is 4.78. The van der Waals surface area contributed by atoms with Crippen molar-refractivity contribution in [2.75, 3.05) is 0 Å². The molecule has 0 fully saturated rings. The first-order valence-electron chi connectivity index (χ1n) is 7.17. The standard InChI is InChI=1S/C17H17N3OS/c1-2-20-14-11-7-6-10-13(14)19-17(20)22-15(16(18)21)12-8-4-3-5-9-12/h3-11,15H,2H2,1H3,(H2,18,21)/t15-/m0/s1. The predicted octanol–water partition coefficient (Wildman–Crippen LogP) is 3.37. The Balaban J connectivity index is 2.02. The molecule has 2 N–H and O–H groups in total. The minimum absolute atomic E-state index is 0.356. The number of aromatic nitrogens is 2. The van der Waals surface area contributed by atoms with E-state index in [0.29, 0.717) is 0 Å². The van der Waals surface area contributed by atoms with E-state index in [1.807, 2.05) is 54.6 Å². The number of amides is 1. The molecule has 0 aliphatic rings. The Hall–Kier alpha value is -2.27. The van der Waals surface area contributed by atoms with Crippen LogP contribution in [0.5, 0.6) is 0 Å². The van der Waals surface area contributed by atoms with E-state index in [2.05, 4.69) is 16.5 Å². The Morgan fingerprint density at radius 1 is 1.18 bits per heavy atom. The molecule has 0 spiro atoms. The van der Waals surface area contributed by atoms with E-state index in [1.165, 1.54) is 11.8 Å². The number of hydrogen-bond acceptors (Lipinski definition) is 3. The molecule has 0 aliphatic heterocycles. The van der Waals surface area contributed by atoms with E-state index in [9.17, 15) is 4.79 Å². The lowest BCUT2D eigenvalue weighted by Gasteiger charge is -2.13. The van der Waals surface area contributed by atoms with Gasteiger partial charge in [0.1, 0.15) is 5.25 Å². The number of imidazole rings is 1. The minimum atomic E-state index is -0.441. The maximum atomic E-state index is 11.9. The van der Waals surface area contributed by atoms with Crippen LogP contribution in [0, 0.1) is 0 Å². The predicted molar refractivity (Wildman–Crippen MR) is 89.6 cm³/mol. The molecule has 1 atom stereocenters. The lowest BCUT2D eigenvalue weighted by Crippen LogP contribution is -2.19. The van der Waals surface area contributed by atoms with Crippen molar-refractivity contribution < 1.29 is 4.79 Å². The summed E-state index contributed by atoms with van der Waals surface area (Å²) in [5.41, 5.74) is 8.51. The number of hydrogen-bond donors (Lipinski definition) is 1. The summed E-state index contributed by atoms with van der Waals surface area (Å²) in [5.74, 6) is -0.356. The van der Waals surface area contributed by atoms with Gasteiger partial charge in [0.25, 0.3) is 0 Å². The van der Waals surface area contributed by atoms with Crippen LogP contribution in [0.3, 0.4) is 0 Å². The van der Waals surface area contributed by atoms with Gasteiger partial charge in [-0.1, -0.05) is 54.2 Å². The first-order chi connectivity index (χ1) is 10.7. The molecular formula is C17H17N3OS. The van der Waals surface area contributed by atoms with E-state index in [0.717, 1.165) is 28.3 Å². The van der Waals surface area contributed by atoms with E-state index in [4.69, 9.17) is 5.73 Å². The Morgan fingerprint density at radius 3 is 2.55 bits per heavy atom. The molecule has 0 bridgehead atoms. The lowest BCUT2D eigenvalue weighted by atomic mass is 10.1. The molecule has 0 unspecified atom stereocenters. The molecule has 1 aromatic heterocycles. The van der Waals surface area contributed by atoms with Crippen molar-refractivity contribution >= 4 is 28.7 Å². The number of benzene rings is 2. The van der Waals surface area contributed by atoms with Gasteiger partial charge in [-0.25, -0.2) is 4.98 Å². The zero-order valence-electron chi connectivity index (χ0n) is 12.3. The summed E-state index contributed by atoms with van der Waals surface area (Å²) in [4.78, 5) is 16.5. The molecule has 22 heavy (non-hydrogen) atoms. The monoisotopic (exact) mass is 311 g/mol. The Labute approximate surface area is 133 Å². The number of primary amides is 1. The number of para-hydroxylation sites is 2. The van der Waals surface area contributed by atoms with Crippen LogP contribution in [0.4, 0.5) is 0 Å². The van der Waals surface area contributed by atoms with Gasteiger partial charge in [-0.15, -0.1) is 0 Å². The van der Waals surface area contributed by atoms with Gasteiger partial charge < -0.3 is 10.3 Å². The molecule has 0 aliphatic carbocycles. The van der Waals surface area contributed by atoms with Crippen molar-refractivity contribution in [2.45, 2.75) is 23.9 Å². The van der Waals surface area contributed by atoms with Gasteiger partial charge in [0.15, 0.2) is 5.16 Å². The van der Waals surface area contributed by atoms with Crippen molar-refractivity contribution in [1.29, 1.82) is 0 Å². The Kier molecular flexibility index (Phi) is 4.15. The van der Waals surface area contributed by atoms with Crippen molar-refractivity contribution in [1.82, 2.24) is 9.55 Å². The van der Waals surface area contributed by atoms with Gasteiger partial charge in [-0.05, 0) is 24.6 Å². The molecule has 2 aromatic carbocycles. The van der Waals surface area contributed by atoms with Crippen LogP contribution in [-0.4, -0.2) is 15.5 Å². The fraction of sp³-hybridized carbons (Fsp3) is 0.176. The van der Waals surface area contributed by atoms with Crippen LogP contribution in [0.1, 0.15) is 17.7 Å². The molecule has 0 radical (unpaired) electrons. The zero-order chi connectivity index (χ0) is 15.5. The summed E-state index contributed by atoms with van der Waals surface area (Å²) in [6.45, 7) is 2.86. The number of carbonyl (C=O) groups excluding carboxylic acids is 1. The number of nitrogens with two attached hydrogens (primary N) is 1. The second-order valence-electron chi connectivity index (χ2n) is 4.94. The number of nitrogens with zero attached hydrogens (tertiary/aromatic N) is 2. The fourth-order valence-electron chi connectivity index (χ4n) is 2.47. The average molecular weight is 311 g/mol. The molecule has 4 nitrogen and oxygen atoms in total. The van der Waals surface area contributed by atoms with Gasteiger partial charge in [-0.3, -0.25) is 4.79 Å². The first kappa shape index (κ1) is 14.7. The van der Waals surface area contributed by atoms with Crippen LogP contribution in [0.15, 0.2) is 59.8 Å². The molecular weight excluding hydrogens is 294 g/mol. The van der Waals surface area contributed by atoms with E-state index in [-0.39, 0.29) is 5.91 Å². The largest absolute Gasteiger partial charge is 0.368 e. The van der Waals surface area contributed by atoms with Crippen LogP contribution >= 0.6 is 11.8 Å². The molecule has 5 heteroatoms. The lowest BCUT2D eigenvalue weighted by molar-refractivity contribution is -0.117. The maximum Gasteiger partial charge on any atom is 0.235 e. The second-order valence-corrected chi connectivity index (χ2v) is 6.01. The highest BCUT2D eigenvalue weighted by molar-refractivity contribution is 8.00. The molecule has 0 saturated carbocycles. The van der Waals surface area contributed by atoms with E-state index in [1.54, 1.807) is 0 Å². The SMILES string of the molecule is CCn1c(S[C@H](C(N)=O)c2ccccc2)nc2ccccc21. The molecule has 1 amide bonds. The molecule has 0 saturated heterocycles. The quantitative estimate of drug-likeness (QED) is 0.735. The van der Waals surface area contributed by atoms with Gasteiger partial charge >= 0.3 is 0 Å². The highest BCUT2D eigenvalue weighted by Gasteiger charge is 2.22. The summed E-state index contributed by atoms with van der Waals surface area (Å²) in [6, 6.07) is 17.6. The van der Waals surface area contributed by atoms with Gasteiger partial charge in [0, 0.05) is 6.54 Å². The Morgan fingerprint density at radius 2 is 1.86 bits per heavy atom. The van der Waals surface area contributed by atoms with Crippen molar-refractivity contribution in [3.8, 4) is 0 Å². The number of thioether (sulfide) groups is 1. The average Bonchev–Trinajstić information content (AvgIpc) is 2.90. The topological polar surface area (TPSA) is 60.9 Å². The summed E-state index contributed by atoms with van der Waals surface area (Å²) in [5, 5.41) is 0.375. The van der Waals surface area contributed by atoms with Crippen LogP contribution < -0.4 is 5.73 Å². The highest BCUT2D eigenvalue weighted by atomic mass is 32.2. The van der Waals surface area contributed by atoms with E-state index >= 15 is 0 Å². The molecule has 3 aromatic rings. The van der Waals surface area contributed by atoms with Gasteiger partial charge in [-0.2, -0.15) is 0 Å². The Bertz CT molecular complexity index is 798. The zero-order valence-corrected chi connectivity index (χ0v) is 13.1. The molecule has 3 rings (SSSR count). The fourth-order valence-corrected chi connectivity index (χ4v) is 3.60. The van der Waals surface area contributed by atoms with Crippen LogP contribution in [0.25, 0.3) is 11.0 Å². The van der Waals surface area contributed by atoms with Crippen molar-refractivity contribution in [3.05, 3.63) is 60.2 Å². The van der Waals surface area contributed by atoms with Gasteiger partial charge in [0.05, 0.1) is 11.0 Å². The maximum absolute atomic E-state index is 11.9. The molecule has 112 valence electrons. The van der Waals surface area contributed by atoms with E-state index < -0.39 is 5.25 Å². The highest BCUT2D eigenvalue weighted by Crippen LogP contribution is 2.36. The first-order valence-corrected chi connectivity index (χ1v) is 8.05. The third kappa shape index (κ3) is 2.72. The number of aryl methyl sites for hydroxylation is 1. The minimum Gasteiger partial charge on any atom is -0.368 e. The number of carbonyl (C=O) groups is 1. The smallest absolute Gasteiger partial charge is 0.235 e. The second kappa shape index (κ2) is 6.23.